The Morgan fingerprint density at radius 2 is 2.14 bits per heavy atom. The molecule has 0 rings (SSSR count). The zero-order valence-electron chi connectivity index (χ0n) is 9.33. The Morgan fingerprint density at radius 3 is 2.57 bits per heavy atom. The zero-order chi connectivity index (χ0) is 11.0. The number of nitrogens with two attached hydrogens (primary N) is 1. The van der Waals surface area contributed by atoms with Crippen LogP contribution in [0.4, 0.5) is 0 Å². The van der Waals surface area contributed by atoms with Crippen LogP contribution >= 0.6 is 0 Å². The van der Waals surface area contributed by atoms with Crippen LogP contribution in [0.15, 0.2) is 12.7 Å². The molecule has 0 aromatic rings. The molecule has 2 N–H and O–H groups in total. The van der Waals surface area contributed by atoms with E-state index in [1.807, 2.05) is 6.92 Å². The van der Waals surface area contributed by atoms with Crippen molar-refractivity contribution in [2.45, 2.75) is 39.2 Å². The minimum absolute atomic E-state index is 0.0496. The lowest BCUT2D eigenvalue weighted by molar-refractivity contribution is -0.132. The van der Waals surface area contributed by atoms with Gasteiger partial charge in [-0.2, -0.15) is 0 Å². The molecule has 0 aromatic carbocycles. The Balaban J connectivity index is 4.18. The SMILES string of the molecule is C=CCN(CCC)C(=O)[C@H](N)CCC. The first-order valence-electron chi connectivity index (χ1n) is 5.32. The van der Waals surface area contributed by atoms with E-state index < -0.39 is 0 Å². The van der Waals surface area contributed by atoms with Crippen LogP contribution in [0, 0.1) is 0 Å². The van der Waals surface area contributed by atoms with E-state index in [-0.39, 0.29) is 11.9 Å². The number of hydrogen-bond acceptors (Lipinski definition) is 2. The third-order valence-corrected chi connectivity index (χ3v) is 2.07. The average Bonchev–Trinajstić information content (AvgIpc) is 2.17. The highest BCUT2D eigenvalue weighted by Crippen LogP contribution is 2.01. The highest BCUT2D eigenvalue weighted by Gasteiger charge is 2.18. The van der Waals surface area contributed by atoms with Crippen molar-refractivity contribution in [2.75, 3.05) is 13.1 Å². The summed E-state index contributed by atoms with van der Waals surface area (Å²) in [5.74, 6) is 0.0496. The Hall–Kier alpha value is -0.830. The molecule has 0 saturated carbocycles. The van der Waals surface area contributed by atoms with Gasteiger partial charge in [-0.1, -0.05) is 26.3 Å². The van der Waals surface area contributed by atoms with Crippen LogP contribution < -0.4 is 5.73 Å². The van der Waals surface area contributed by atoms with Gasteiger partial charge in [0.15, 0.2) is 0 Å². The molecule has 0 heterocycles. The molecular weight excluding hydrogens is 176 g/mol. The number of amides is 1. The van der Waals surface area contributed by atoms with Gasteiger partial charge in [-0.25, -0.2) is 0 Å². The molecule has 0 aromatic heterocycles. The second kappa shape index (κ2) is 7.56. The molecule has 0 saturated heterocycles. The molecule has 0 aliphatic rings. The van der Waals surface area contributed by atoms with E-state index >= 15 is 0 Å². The van der Waals surface area contributed by atoms with Crippen molar-refractivity contribution in [1.82, 2.24) is 4.90 Å². The molecule has 0 aliphatic heterocycles. The van der Waals surface area contributed by atoms with E-state index in [0.717, 1.165) is 25.8 Å². The predicted octanol–water partition coefficient (Wildman–Crippen LogP) is 1.54. The maximum absolute atomic E-state index is 11.8. The quantitative estimate of drug-likeness (QED) is 0.631. The lowest BCUT2D eigenvalue weighted by Gasteiger charge is -2.23. The minimum Gasteiger partial charge on any atom is -0.338 e. The number of hydrogen-bond donors (Lipinski definition) is 1. The fourth-order valence-corrected chi connectivity index (χ4v) is 1.39. The summed E-state index contributed by atoms with van der Waals surface area (Å²) in [5.41, 5.74) is 5.76. The Labute approximate surface area is 87.0 Å². The van der Waals surface area contributed by atoms with Crippen LogP contribution in [-0.2, 0) is 4.79 Å². The monoisotopic (exact) mass is 198 g/mol. The molecule has 0 aliphatic carbocycles. The molecule has 3 heteroatoms. The Kier molecular flexibility index (Phi) is 7.11. The predicted molar refractivity (Wildman–Crippen MR) is 60.0 cm³/mol. The molecular formula is C11H22N2O. The maximum Gasteiger partial charge on any atom is 0.239 e. The van der Waals surface area contributed by atoms with Crippen molar-refractivity contribution in [3.63, 3.8) is 0 Å². The van der Waals surface area contributed by atoms with E-state index in [2.05, 4.69) is 13.5 Å². The van der Waals surface area contributed by atoms with Crippen LogP contribution in [0.25, 0.3) is 0 Å². The summed E-state index contributed by atoms with van der Waals surface area (Å²) in [6, 6.07) is -0.341. The largest absolute Gasteiger partial charge is 0.338 e. The van der Waals surface area contributed by atoms with Crippen molar-refractivity contribution >= 4 is 5.91 Å². The summed E-state index contributed by atoms with van der Waals surface area (Å²) >= 11 is 0. The summed E-state index contributed by atoms with van der Waals surface area (Å²) in [4.78, 5) is 13.5. The van der Waals surface area contributed by atoms with E-state index in [1.165, 1.54) is 0 Å². The first-order valence-corrected chi connectivity index (χ1v) is 5.32. The van der Waals surface area contributed by atoms with Gasteiger partial charge in [0.1, 0.15) is 0 Å². The molecule has 3 nitrogen and oxygen atoms in total. The third-order valence-electron chi connectivity index (χ3n) is 2.07. The van der Waals surface area contributed by atoms with Crippen LogP contribution in [0.1, 0.15) is 33.1 Å². The van der Waals surface area contributed by atoms with E-state index in [9.17, 15) is 4.79 Å². The van der Waals surface area contributed by atoms with Gasteiger partial charge < -0.3 is 10.6 Å². The third kappa shape index (κ3) is 4.42. The first kappa shape index (κ1) is 13.2. The van der Waals surface area contributed by atoms with Crippen LogP contribution in [0.5, 0.6) is 0 Å². The molecule has 0 spiro atoms. The standard InChI is InChI=1S/C11H22N2O/c1-4-7-10(12)11(14)13(8-5-2)9-6-3/h5,10H,2,4,6-9,12H2,1,3H3/t10-/m1/s1. The number of nitrogens with zero attached hydrogens (tertiary/aromatic N) is 1. The van der Waals surface area contributed by atoms with Crippen molar-refractivity contribution < 1.29 is 4.79 Å². The van der Waals surface area contributed by atoms with Crippen LogP contribution in [0.2, 0.25) is 0 Å². The summed E-state index contributed by atoms with van der Waals surface area (Å²) in [5, 5.41) is 0. The molecule has 0 radical (unpaired) electrons. The van der Waals surface area contributed by atoms with E-state index in [1.54, 1.807) is 11.0 Å². The molecule has 14 heavy (non-hydrogen) atoms. The Morgan fingerprint density at radius 1 is 1.50 bits per heavy atom. The zero-order valence-corrected chi connectivity index (χ0v) is 9.33. The molecule has 0 bridgehead atoms. The highest BCUT2D eigenvalue weighted by atomic mass is 16.2. The average molecular weight is 198 g/mol. The van der Waals surface area contributed by atoms with E-state index in [0.29, 0.717) is 6.54 Å². The molecule has 0 unspecified atom stereocenters. The van der Waals surface area contributed by atoms with Gasteiger partial charge >= 0.3 is 0 Å². The van der Waals surface area contributed by atoms with Gasteiger partial charge in [0, 0.05) is 13.1 Å². The summed E-state index contributed by atoms with van der Waals surface area (Å²) < 4.78 is 0. The fraction of sp³-hybridized carbons (Fsp3) is 0.727. The first-order chi connectivity index (χ1) is 6.67. The Bertz CT molecular complexity index is 180. The van der Waals surface area contributed by atoms with Crippen LogP contribution in [-0.4, -0.2) is 29.9 Å². The van der Waals surface area contributed by atoms with Gasteiger partial charge in [0.2, 0.25) is 5.91 Å². The fourth-order valence-electron chi connectivity index (χ4n) is 1.39. The summed E-state index contributed by atoms with van der Waals surface area (Å²) in [6.07, 6.45) is 4.40. The lowest BCUT2D eigenvalue weighted by atomic mass is 10.1. The molecule has 1 amide bonds. The van der Waals surface area contributed by atoms with Crippen molar-refractivity contribution in [3.05, 3.63) is 12.7 Å². The van der Waals surface area contributed by atoms with Crippen LogP contribution in [0.3, 0.4) is 0 Å². The van der Waals surface area contributed by atoms with Crippen molar-refractivity contribution in [1.29, 1.82) is 0 Å². The molecule has 82 valence electrons. The van der Waals surface area contributed by atoms with Crippen molar-refractivity contribution in [2.24, 2.45) is 5.73 Å². The number of rotatable bonds is 7. The van der Waals surface area contributed by atoms with Gasteiger partial charge in [-0.05, 0) is 12.8 Å². The van der Waals surface area contributed by atoms with Gasteiger partial charge in [0.25, 0.3) is 0 Å². The summed E-state index contributed by atoms with van der Waals surface area (Å²) in [7, 11) is 0. The molecule has 1 atom stereocenters. The van der Waals surface area contributed by atoms with Gasteiger partial charge in [0.05, 0.1) is 6.04 Å². The number of carbonyl (C=O) groups excluding carboxylic acids is 1. The highest BCUT2D eigenvalue weighted by molar-refractivity contribution is 5.81. The second-order valence-electron chi connectivity index (χ2n) is 3.47. The van der Waals surface area contributed by atoms with Gasteiger partial charge in [-0.3, -0.25) is 4.79 Å². The van der Waals surface area contributed by atoms with Gasteiger partial charge in [-0.15, -0.1) is 6.58 Å². The topological polar surface area (TPSA) is 46.3 Å². The van der Waals surface area contributed by atoms with E-state index in [4.69, 9.17) is 5.73 Å². The lowest BCUT2D eigenvalue weighted by Crippen LogP contribution is -2.44. The molecule has 0 fully saturated rings. The summed E-state index contributed by atoms with van der Waals surface area (Å²) in [6.45, 7) is 9.09. The maximum atomic E-state index is 11.8. The normalized spacial score (nSPS) is 12.2. The van der Waals surface area contributed by atoms with Crippen molar-refractivity contribution in [3.8, 4) is 0 Å². The smallest absolute Gasteiger partial charge is 0.239 e. The second-order valence-corrected chi connectivity index (χ2v) is 3.47. The number of carbonyl (C=O) groups is 1. The minimum atomic E-state index is -0.341.